The molecular formula is C54H63FN2O8. The molecule has 0 bridgehead atoms. The van der Waals surface area contributed by atoms with Gasteiger partial charge in [0.2, 0.25) is 18.0 Å². The van der Waals surface area contributed by atoms with Crippen LogP contribution in [0.4, 0.5) is 4.39 Å². The molecule has 1 saturated heterocycles. The van der Waals surface area contributed by atoms with Gasteiger partial charge in [-0.2, -0.15) is 0 Å². The van der Waals surface area contributed by atoms with Crippen LogP contribution in [-0.2, 0) is 32.3 Å². The summed E-state index contributed by atoms with van der Waals surface area (Å²) in [5, 5.41) is 27.3. The van der Waals surface area contributed by atoms with Crippen molar-refractivity contribution in [2.75, 3.05) is 26.4 Å². The minimum Gasteiger partial charge on any atom is -0.489 e. The van der Waals surface area contributed by atoms with Gasteiger partial charge in [0.1, 0.15) is 30.0 Å². The Bertz CT molecular complexity index is 2350. The molecule has 9 rings (SSSR count). The zero-order valence-corrected chi connectivity index (χ0v) is 37.3. The summed E-state index contributed by atoms with van der Waals surface area (Å²) in [5.41, 5.74) is 4.13. The highest BCUT2D eigenvalue weighted by molar-refractivity contribution is 6.03. The highest BCUT2D eigenvalue weighted by Gasteiger charge is 2.66. The van der Waals surface area contributed by atoms with Crippen LogP contribution in [0.3, 0.4) is 0 Å². The van der Waals surface area contributed by atoms with Crippen LogP contribution in [0, 0.1) is 29.5 Å². The van der Waals surface area contributed by atoms with Crippen molar-refractivity contribution in [1.82, 2.24) is 4.90 Å². The molecule has 2 saturated carbocycles. The van der Waals surface area contributed by atoms with Gasteiger partial charge in [0.15, 0.2) is 0 Å². The standard InChI is InChI=1S/C54H63FN2O8/c1-2-29-63-54-49(57(53(60)37-23-24-37)34-39-18-13-17-36-14-3-5-19-42(36)39)33-47(56-65-50-22-9-12-30-61-50)44-31-38(15-7-10-27-58)43(20-8-11-28-59)51(52(44)54)45-32-41(25-26-48(45)64-54)62-35-40-16-4-6-21-46(40)55/h2-6,13-14,16-19,21,25-26,31-32,37-38,43,49-52,58-59H,1,7-12,15,20,22-24,27-30,33-35H2. The molecule has 7 unspecified atom stereocenters. The van der Waals surface area contributed by atoms with E-state index in [4.69, 9.17) is 28.9 Å². The van der Waals surface area contributed by atoms with Crippen LogP contribution < -0.4 is 9.47 Å². The highest BCUT2D eigenvalue weighted by atomic mass is 19.1. The van der Waals surface area contributed by atoms with Crippen molar-refractivity contribution in [3.63, 3.8) is 0 Å². The summed E-state index contributed by atoms with van der Waals surface area (Å²) in [4.78, 5) is 23.5. The number of carbonyl (C=O) groups is 1. The number of aliphatic hydroxyl groups is 2. The Morgan fingerprint density at radius 1 is 0.923 bits per heavy atom. The summed E-state index contributed by atoms with van der Waals surface area (Å²) in [5.74, 6) is -1.15. The van der Waals surface area contributed by atoms with Gasteiger partial charge in [-0.05, 0) is 109 Å². The van der Waals surface area contributed by atoms with E-state index in [1.165, 1.54) is 6.07 Å². The van der Waals surface area contributed by atoms with Crippen molar-refractivity contribution in [3.05, 3.63) is 132 Å². The summed E-state index contributed by atoms with van der Waals surface area (Å²) in [6, 6.07) is 26.4. The average Bonchev–Trinajstić information content (AvgIpc) is 4.19. The third kappa shape index (κ3) is 9.62. The Balaban J connectivity index is 1.24. The predicted octanol–water partition coefficient (Wildman–Crippen LogP) is 10.2. The lowest BCUT2D eigenvalue weighted by Gasteiger charge is -2.60. The maximum absolute atomic E-state index is 15.1. The fraction of sp³-hybridized carbons (Fsp3) is 0.481. The zero-order chi connectivity index (χ0) is 44.8. The minimum absolute atomic E-state index is 0.0402. The molecular weight excluding hydrogens is 824 g/mol. The molecule has 0 radical (unpaired) electrons. The van der Waals surface area contributed by atoms with Crippen molar-refractivity contribution in [2.24, 2.45) is 28.8 Å². The number of carbonyl (C=O) groups excluding carboxylic acids is 1. The van der Waals surface area contributed by atoms with Gasteiger partial charge in [-0.25, -0.2) is 4.39 Å². The first-order valence-corrected chi connectivity index (χ1v) is 23.9. The topological polar surface area (TPSA) is 119 Å². The van der Waals surface area contributed by atoms with Crippen LogP contribution in [0.1, 0.15) is 99.7 Å². The number of fused-ring (bicyclic) bond motifs is 3. The number of benzene rings is 4. The Morgan fingerprint density at radius 3 is 2.49 bits per heavy atom. The van der Waals surface area contributed by atoms with E-state index in [-0.39, 0.29) is 61.8 Å². The van der Waals surface area contributed by atoms with Crippen molar-refractivity contribution in [3.8, 4) is 11.5 Å². The Kier molecular flexibility index (Phi) is 14.3. The van der Waals surface area contributed by atoms with Crippen molar-refractivity contribution < 1.29 is 43.2 Å². The number of nitrogens with zero attached hydrogens (tertiary/aromatic N) is 2. The maximum Gasteiger partial charge on any atom is 0.239 e. The van der Waals surface area contributed by atoms with E-state index in [0.717, 1.165) is 91.0 Å². The number of halogens is 1. The summed E-state index contributed by atoms with van der Waals surface area (Å²) < 4.78 is 42.0. The highest BCUT2D eigenvalue weighted by Crippen LogP contribution is 2.62. The molecule has 11 heteroatoms. The first kappa shape index (κ1) is 45.1. The van der Waals surface area contributed by atoms with Crippen LogP contribution in [0.15, 0.2) is 114 Å². The molecule has 2 N–H and O–H groups in total. The largest absolute Gasteiger partial charge is 0.489 e. The van der Waals surface area contributed by atoms with E-state index in [1.807, 2.05) is 35.2 Å². The lowest BCUT2D eigenvalue weighted by Crippen LogP contribution is -2.70. The van der Waals surface area contributed by atoms with Crippen molar-refractivity contribution >= 4 is 22.4 Å². The van der Waals surface area contributed by atoms with Gasteiger partial charge in [-0.15, -0.1) is 6.58 Å². The second kappa shape index (κ2) is 20.6. The van der Waals surface area contributed by atoms with Gasteiger partial charge in [0.05, 0.1) is 24.8 Å². The van der Waals surface area contributed by atoms with Gasteiger partial charge in [-0.1, -0.05) is 90.8 Å². The summed E-state index contributed by atoms with van der Waals surface area (Å²) >= 11 is 0. The van der Waals surface area contributed by atoms with Crippen LogP contribution in [0.5, 0.6) is 11.5 Å². The number of hydrogen-bond acceptors (Lipinski definition) is 9. The number of amides is 1. The first-order valence-electron chi connectivity index (χ1n) is 23.9. The van der Waals surface area contributed by atoms with E-state index >= 15 is 4.79 Å². The van der Waals surface area contributed by atoms with Crippen molar-refractivity contribution in [1.29, 1.82) is 0 Å². The second-order valence-electron chi connectivity index (χ2n) is 18.4. The predicted molar refractivity (Wildman–Crippen MR) is 248 cm³/mol. The number of hydrogen-bond donors (Lipinski definition) is 2. The smallest absolute Gasteiger partial charge is 0.239 e. The molecule has 344 valence electrons. The molecule has 3 aliphatic carbocycles. The van der Waals surface area contributed by atoms with Crippen LogP contribution in [-0.4, -0.2) is 71.3 Å². The number of allylic oxidation sites excluding steroid dienone is 1. The van der Waals surface area contributed by atoms with Crippen LogP contribution in [0.2, 0.25) is 0 Å². The van der Waals surface area contributed by atoms with Crippen molar-refractivity contribution in [2.45, 2.75) is 114 Å². The first-order chi connectivity index (χ1) is 31.9. The summed E-state index contributed by atoms with van der Waals surface area (Å²) in [6.07, 6.45) is 12.8. The SMILES string of the molecule is C=CCOC12Oc3ccc(OCc4ccccc4F)cc3C3C(CCCCO)C(CCCCO)C=C(C(=NOC4CCCCO4)CC1N(Cc1cccc4ccccc14)C(=O)C1CC1)C32. The molecule has 10 nitrogen and oxygen atoms in total. The third-order valence-electron chi connectivity index (χ3n) is 14.2. The molecule has 1 amide bonds. The van der Waals surface area contributed by atoms with Gasteiger partial charge < -0.3 is 38.9 Å². The van der Waals surface area contributed by atoms with Gasteiger partial charge in [0.25, 0.3) is 0 Å². The van der Waals surface area contributed by atoms with Crippen LogP contribution >= 0.6 is 0 Å². The molecule has 0 aromatic heterocycles. The average molecular weight is 887 g/mol. The Labute approximate surface area is 382 Å². The number of rotatable bonds is 20. The molecule has 7 atom stereocenters. The monoisotopic (exact) mass is 886 g/mol. The van der Waals surface area contributed by atoms with E-state index in [2.05, 4.69) is 43.0 Å². The molecule has 2 aliphatic heterocycles. The summed E-state index contributed by atoms with van der Waals surface area (Å²) in [6.45, 7) is 5.44. The lowest BCUT2D eigenvalue weighted by atomic mass is 9.55. The number of ether oxygens (including phenoxy) is 4. The number of aliphatic hydroxyl groups excluding tert-OH is 2. The molecule has 65 heavy (non-hydrogen) atoms. The summed E-state index contributed by atoms with van der Waals surface area (Å²) in [7, 11) is 0. The second-order valence-corrected chi connectivity index (χ2v) is 18.4. The molecule has 0 spiro atoms. The molecule has 2 heterocycles. The molecule has 4 aromatic rings. The Morgan fingerprint density at radius 2 is 1.71 bits per heavy atom. The number of oxime groups is 1. The normalized spacial score (nSPS) is 26.4. The minimum atomic E-state index is -1.39. The molecule has 4 aromatic carbocycles. The van der Waals surface area contributed by atoms with E-state index in [0.29, 0.717) is 49.5 Å². The van der Waals surface area contributed by atoms with Crippen LogP contribution in [0.25, 0.3) is 10.8 Å². The van der Waals surface area contributed by atoms with Gasteiger partial charge in [-0.3, -0.25) is 4.79 Å². The zero-order valence-electron chi connectivity index (χ0n) is 37.3. The Hall–Kier alpha value is -5.07. The molecule has 5 aliphatic rings. The maximum atomic E-state index is 15.1. The fourth-order valence-electron chi connectivity index (χ4n) is 11.0. The molecule has 3 fully saturated rings. The van der Waals surface area contributed by atoms with Gasteiger partial charge in [0, 0.05) is 55.6 Å². The van der Waals surface area contributed by atoms with E-state index < -0.39 is 24.0 Å². The third-order valence-corrected chi connectivity index (χ3v) is 14.2. The fourth-order valence-corrected chi connectivity index (χ4v) is 11.0. The van der Waals surface area contributed by atoms with E-state index in [9.17, 15) is 14.6 Å². The quantitative estimate of drug-likeness (QED) is 0.0512. The lowest BCUT2D eigenvalue weighted by molar-refractivity contribution is -0.258. The number of unbranched alkanes of at least 4 members (excludes halogenated alkanes) is 2. The van der Waals surface area contributed by atoms with E-state index in [1.54, 1.807) is 24.3 Å². The van der Waals surface area contributed by atoms with Gasteiger partial charge >= 0.3 is 0 Å².